The zero-order valence-corrected chi connectivity index (χ0v) is 14.3. The fraction of sp³-hybridized carbons (Fsp3) is 0.538. The van der Waals surface area contributed by atoms with Gasteiger partial charge in [0, 0.05) is 13.6 Å². The van der Waals surface area contributed by atoms with Gasteiger partial charge in [-0.1, -0.05) is 19.0 Å². The zero-order chi connectivity index (χ0) is 15.3. The predicted molar refractivity (Wildman–Crippen MR) is 84.9 cm³/mol. The molecule has 0 spiro atoms. The molecule has 5 nitrogen and oxygen atoms in total. The number of nitrogens with two attached hydrogens (primary N) is 1. The number of hydrogen-bond acceptors (Lipinski definition) is 4. The highest BCUT2D eigenvalue weighted by Crippen LogP contribution is 2.30. The Labute approximate surface area is 131 Å². The molecule has 0 aliphatic heterocycles. The maximum atomic E-state index is 12.7. The van der Waals surface area contributed by atoms with Crippen molar-refractivity contribution in [1.29, 1.82) is 0 Å². The van der Waals surface area contributed by atoms with Crippen LogP contribution < -0.4 is 5.73 Å². The van der Waals surface area contributed by atoms with Crippen molar-refractivity contribution in [2.24, 2.45) is 16.3 Å². The smallest absolute Gasteiger partial charge is 0.236 e. The summed E-state index contributed by atoms with van der Waals surface area (Å²) >= 11 is 4.98. The number of amidine groups is 1. The Morgan fingerprint density at radius 3 is 2.55 bits per heavy atom. The van der Waals surface area contributed by atoms with Crippen LogP contribution in [0.1, 0.15) is 32.3 Å². The molecule has 0 bridgehead atoms. The van der Waals surface area contributed by atoms with E-state index in [1.165, 1.54) is 0 Å². The summed E-state index contributed by atoms with van der Waals surface area (Å²) in [7, 11) is 1.73. The fourth-order valence-electron chi connectivity index (χ4n) is 2.26. The van der Waals surface area contributed by atoms with Crippen molar-refractivity contribution in [3.05, 3.63) is 20.8 Å². The number of oxime groups is 1. The fourth-order valence-corrected chi connectivity index (χ4v) is 3.46. The van der Waals surface area contributed by atoms with E-state index in [4.69, 9.17) is 10.9 Å². The molecule has 0 saturated heterocycles. The van der Waals surface area contributed by atoms with Crippen LogP contribution in [0.2, 0.25) is 0 Å². The van der Waals surface area contributed by atoms with Gasteiger partial charge in [-0.05, 0) is 45.8 Å². The normalized spacial score (nSPS) is 12.5. The van der Waals surface area contributed by atoms with E-state index in [1.807, 2.05) is 25.3 Å². The first-order valence-corrected chi connectivity index (χ1v) is 8.05. The van der Waals surface area contributed by atoms with Crippen molar-refractivity contribution >= 4 is 39.0 Å². The molecule has 0 fully saturated rings. The lowest BCUT2D eigenvalue weighted by Crippen LogP contribution is -2.49. The minimum atomic E-state index is -0.934. The third-order valence-corrected chi connectivity index (χ3v) is 5.16. The van der Waals surface area contributed by atoms with Crippen molar-refractivity contribution in [3.63, 3.8) is 0 Å². The molecule has 0 saturated carbocycles. The molecular weight excluding hydrogens is 342 g/mol. The van der Waals surface area contributed by atoms with Crippen LogP contribution in [0.4, 0.5) is 0 Å². The van der Waals surface area contributed by atoms with E-state index in [0.717, 1.165) is 9.35 Å². The molecule has 3 N–H and O–H groups in total. The summed E-state index contributed by atoms with van der Waals surface area (Å²) in [6.45, 7) is 4.24. The lowest BCUT2D eigenvalue weighted by Gasteiger charge is -2.33. The molecule has 1 heterocycles. The van der Waals surface area contributed by atoms with Crippen molar-refractivity contribution in [3.8, 4) is 0 Å². The van der Waals surface area contributed by atoms with E-state index in [-0.39, 0.29) is 11.7 Å². The third kappa shape index (κ3) is 3.32. The number of thiophene rings is 1. The molecule has 0 unspecified atom stereocenters. The van der Waals surface area contributed by atoms with E-state index in [2.05, 4.69) is 21.1 Å². The van der Waals surface area contributed by atoms with Gasteiger partial charge in [-0.3, -0.25) is 4.79 Å². The molecule has 0 atom stereocenters. The van der Waals surface area contributed by atoms with Crippen molar-refractivity contribution in [1.82, 2.24) is 4.90 Å². The van der Waals surface area contributed by atoms with Gasteiger partial charge in [0.2, 0.25) is 5.91 Å². The largest absolute Gasteiger partial charge is 0.409 e. The highest BCUT2D eigenvalue weighted by atomic mass is 79.9. The summed E-state index contributed by atoms with van der Waals surface area (Å²) in [5, 5.41) is 14.0. The maximum Gasteiger partial charge on any atom is 0.236 e. The molecule has 0 aliphatic rings. The minimum Gasteiger partial charge on any atom is -0.409 e. The van der Waals surface area contributed by atoms with E-state index in [9.17, 15) is 4.79 Å². The van der Waals surface area contributed by atoms with Crippen molar-refractivity contribution in [2.75, 3.05) is 7.05 Å². The number of nitrogens with zero attached hydrogens (tertiary/aromatic N) is 2. The first kappa shape index (κ1) is 17.0. The van der Waals surface area contributed by atoms with Crippen LogP contribution in [0.25, 0.3) is 0 Å². The van der Waals surface area contributed by atoms with Gasteiger partial charge in [0.25, 0.3) is 0 Å². The topological polar surface area (TPSA) is 78.9 Å². The first-order valence-electron chi connectivity index (χ1n) is 6.37. The number of rotatable bonds is 6. The van der Waals surface area contributed by atoms with Gasteiger partial charge in [0.05, 0.1) is 3.79 Å². The summed E-state index contributed by atoms with van der Waals surface area (Å²) in [4.78, 5) is 14.3. The van der Waals surface area contributed by atoms with Crippen LogP contribution >= 0.6 is 27.3 Å². The van der Waals surface area contributed by atoms with E-state index < -0.39 is 5.41 Å². The molecule has 112 valence electrons. The molecule has 20 heavy (non-hydrogen) atoms. The SMILES string of the molecule is CCC(CC)(C(=O)N(C)Cc1csc(Br)c1)C(N)=NO. The molecule has 7 heteroatoms. The highest BCUT2D eigenvalue weighted by Gasteiger charge is 2.41. The van der Waals surface area contributed by atoms with Crippen LogP contribution in [0, 0.1) is 5.41 Å². The Hall–Kier alpha value is -1.08. The Morgan fingerprint density at radius 1 is 1.55 bits per heavy atom. The molecular formula is C13H20BrN3O2S. The monoisotopic (exact) mass is 361 g/mol. The molecule has 1 amide bonds. The van der Waals surface area contributed by atoms with Crippen LogP contribution in [0.3, 0.4) is 0 Å². The van der Waals surface area contributed by atoms with Crippen LogP contribution in [0.15, 0.2) is 20.4 Å². The summed E-state index contributed by atoms with van der Waals surface area (Å²) < 4.78 is 1.03. The van der Waals surface area contributed by atoms with Crippen molar-refractivity contribution in [2.45, 2.75) is 33.2 Å². The van der Waals surface area contributed by atoms with Crippen LogP contribution in [-0.4, -0.2) is 28.9 Å². The summed E-state index contributed by atoms with van der Waals surface area (Å²) in [5.74, 6) is -0.147. The number of amides is 1. The first-order chi connectivity index (χ1) is 9.41. The molecule has 1 aromatic heterocycles. The van der Waals surface area contributed by atoms with Gasteiger partial charge in [-0.15, -0.1) is 11.3 Å². The van der Waals surface area contributed by atoms with Gasteiger partial charge in [0.15, 0.2) is 5.84 Å². The standard InChI is InChI=1S/C13H20BrN3O2S/c1-4-13(5-2,11(15)16-19)12(18)17(3)7-9-6-10(14)20-8-9/h6,8,19H,4-5,7H2,1-3H3,(H2,15,16). The number of halogens is 1. The number of carbonyl (C=O) groups excluding carboxylic acids is 1. The minimum absolute atomic E-state index is 0.0224. The van der Waals surface area contributed by atoms with Crippen molar-refractivity contribution < 1.29 is 10.0 Å². The van der Waals surface area contributed by atoms with E-state index in [0.29, 0.717) is 19.4 Å². The van der Waals surface area contributed by atoms with Gasteiger partial charge >= 0.3 is 0 Å². The zero-order valence-electron chi connectivity index (χ0n) is 11.9. The molecule has 0 aromatic carbocycles. The van der Waals surface area contributed by atoms with E-state index in [1.54, 1.807) is 23.3 Å². The second-order valence-electron chi connectivity index (χ2n) is 4.69. The average Bonchev–Trinajstić information content (AvgIpc) is 2.85. The second-order valence-corrected chi connectivity index (χ2v) is 6.99. The van der Waals surface area contributed by atoms with Gasteiger partial charge in [0.1, 0.15) is 5.41 Å². The Balaban J connectivity index is 2.95. The second kappa shape index (κ2) is 7.08. The summed E-state index contributed by atoms with van der Waals surface area (Å²) in [6.07, 6.45) is 0.992. The maximum absolute atomic E-state index is 12.7. The lowest BCUT2D eigenvalue weighted by molar-refractivity contribution is -0.138. The molecule has 0 radical (unpaired) electrons. The van der Waals surface area contributed by atoms with E-state index >= 15 is 0 Å². The molecule has 0 aliphatic carbocycles. The van der Waals surface area contributed by atoms with Gasteiger partial charge in [-0.2, -0.15) is 0 Å². The Bertz CT molecular complexity index is 498. The Morgan fingerprint density at radius 2 is 2.15 bits per heavy atom. The quantitative estimate of drug-likeness (QED) is 0.353. The van der Waals surface area contributed by atoms with Crippen LogP contribution in [0.5, 0.6) is 0 Å². The van der Waals surface area contributed by atoms with Gasteiger partial charge in [-0.25, -0.2) is 0 Å². The number of carbonyl (C=O) groups is 1. The van der Waals surface area contributed by atoms with Gasteiger partial charge < -0.3 is 15.8 Å². The summed E-state index contributed by atoms with van der Waals surface area (Å²) in [5.41, 5.74) is 5.88. The third-order valence-electron chi connectivity index (χ3n) is 3.60. The average molecular weight is 362 g/mol. The summed E-state index contributed by atoms with van der Waals surface area (Å²) in [6, 6.07) is 1.98. The molecule has 1 rings (SSSR count). The Kier molecular flexibility index (Phi) is 6.01. The predicted octanol–water partition coefficient (Wildman–Crippen LogP) is 3.02. The number of hydrogen-bond donors (Lipinski definition) is 2. The lowest BCUT2D eigenvalue weighted by atomic mass is 9.79. The highest BCUT2D eigenvalue weighted by molar-refractivity contribution is 9.11. The molecule has 1 aromatic rings. The van der Waals surface area contributed by atoms with Crippen LogP contribution in [-0.2, 0) is 11.3 Å².